The molecule has 34 heavy (non-hydrogen) atoms. The lowest BCUT2D eigenvalue weighted by atomic mass is 10.2. The molecule has 0 saturated carbocycles. The molecule has 1 N–H and O–H groups in total. The normalized spacial score (nSPS) is 11.2. The number of aryl methyl sites for hydroxylation is 1. The van der Waals surface area contributed by atoms with Crippen molar-refractivity contribution in [3.63, 3.8) is 0 Å². The van der Waals surface area contributed by atoms with E-state index in [9.17, 15) is 17.6 Å². The summed E-state index contributed by atoms with van der Waals surface area (Å²) >= 11 is 0. The number of anilines is 2. The van der Waals surface area contributed by atoms with Crippen molar-refractivity contribution in [1.82, 2.24) is 10.1 Å². The minimum atomic E-state index is -3.81. The van der Waals surface area contributed by atoms with Gasteiger partial charge in [0.15, 0.2) is 0 Å². The fraction of sp³-hybridized carbons (Fsp3) is 0.125. The Labute approximate surface area is 196 Å². The lowest BCUT2D eigenvalue weighted by Gasteiger charge is -2.19. The predicted octanol–water partition coefficient (Wildman–Crippen LogP) is 4.27. The molecular formula is C24H21FN4O4S. The van der Waals surface area contributed by atoms with Gasteiger partial charge in [-0.25, -0.2) is 12.8 Å². The van der Waals surface area contributed by atoms with Crippen molar-refractivity contribution in [2.75, 3.05) is 16.7 Å². The van der Waals surface area contributed by atoms with Crippen LogP contribution in [0, 0.1) is 5.82 Å². The van der Waals surface area contributed by atoms with Crippen molar-refractivity contribution >= 4 is 27.3 Å². The first-order valence-electron chi connectivity index (χ1n) is 10.4. The average molecular weight is 481 g/mol. The van der Waals surface area contributed by atoms with Gasteiger partial charge in [-0.15, -0.1) is 0 Å². The van der Waals surface area contributed by atoms with E-state index < -0.39 is 10.0 Å². The molecule has 0 aliphatic carbocycles. The number of aromatic nitrogens is 2. The highest BCUT2D eigenvalue weighted by Crippen LogP contribution is 2.24. The van der Waals surface area contributed by atoms with E-state index in [-0.39, 0.29) is 35.4 Å². The van der Waals surface area contributed by atoms with Crippen molar-refractivity contribution in [1.29, 1.82) is 0 Å². The molecule has 0 unspecified atom stereocenters. The summed E-state index contributed by atoms with van der Waals surface area (Å²) in [4.78, 5) is 16.7. The van der Waals surface area contributed by atoms with Gasteiger partial charge < -0.3 is 9.84 Å². The second-order valence-corrected chi connectivity index (χ2v) is 9.37. The fourth-order valence-electron chi connectivity index (χ4n) is 3.19. The standard InChI is InChI=1S/C24H21FN4O4S/c1-29(20-7-3-2-4-8-20)34(31,32)21-9-5-6-19(16-21)26-22(30)14-15-23-27-24(28-33-23)17-10-12-18(25)13-11-17/h2-13,16H,14-15H2,1H3,(H,26,30). The first-order valence-corrected chi connectivity index (χ1v) is 11.8. The van der Waals surface area contributed by atoms with Crippen molar-refractivity contribution in [2.24, 2.45) is 0 Å². The van der Waals surface area contributed by atoms with Crippen LogP contribution in [0.15, 0.2) is 88.3 Å². The SMILES string of the molecule is CN(c1ccccc1)S(=O)(=O)c1cccc(NC(=O)CCc2nc(-c3ccc(F)cc3)no2)c1. The summed E-state index contributed by atoms with van der Waals surface area (Å²) in [6, 6.07) is 20.4. The van der Waals surface area contributed by atoms with Crippen LogP contribution in [-0.2, 0) is 21.2 Å². The summed E-state index contributed by atoms with van der Waals surface area (Å²) in [5.74, 6) is -0.147. The molecule has 1 heterocycles. The molecule has 0 fully saturated rings. The molecule has 8 nitrogen and oxygen atoms in total. The average Bonchev–Trinajstić information content (AvgIpc) is 3.32. The Kier molecular flexibility index (Phi) is 6.69. The minimum Gasteiger partial charge on any atom is -0.339 e. The number of benzene rings is 3. The Morgan fingerprint density at radius 1 is 1.03 bits per heavy atom. The number of para-hydroxylation sites is 1. The first-order chi connectivity index (χ1) is 16.3. The third-order valence-electron chi connectivity index (χ3n) is 5.03. The van der Waals surface area contributed by atoms with E-state index in [1.165, 1.54) is 47.8 Å². The zero-order valence-corrected chi connectivity index (χ0v) is 19.0. The van der Waals surface area contributed by atoms with Crippen LogP contribution in [0.4, 0.5) is 15.8 Å². The fourth-order valence-corrected chi connectivity index (χ4v) is 4.43. The molecule has 0 spiro atoms. The molecule has 0 radical (unpaired) electrons. The number of sulfonamides is 1. The topological polar surface area (TPSA) is 105 Å². The van der Waals surface area contributed by atoms with E-state index in [0.29, 0.717) is 22.8 Å². The molecule has 3 aromatic carbocycles. The number of rotatable bonds is 8. The number of carbonyl (C=O) groups is 1. The first kappa shape index (κ1) is 23.1. The van der Waals surface area contributed by atoms with Gasteiger partial charge in [-0.05, 0) is 54.6 Å². The number of hydrogen-bond donors (Lipinski definition) is 1. The number of nitrogens with zero attached hydrogens (tertiary/aromatic N) is 3. The number of hydrogen-bond acceptors (Lipinski definition) is 6. The molecule has 0 atom stereocenters. The summed E-state index contributed by atoms with van der Waals surface area (Å²) in [7, 11) is -2.33. The van der Waals surface area contributed by atoms with Crippen LogP contribution >= 0.6 is 0 Å². The van der Waals surface area contributed by atoms with E-state index in [0.717, 1.165) is 0 Å². The molecule has 0 saturated heterocycles. The van der Waals surface area contributed by atoms with E-state index in [1.54, 1.807) is 42.5 Å². The highest BCUT2D eigenvalue weighted by atomic mass is 32.2. The molecule has 0 bridgehead atoms. The highest BCUT2D eigenvalue weighted by molar-refractivity contribution is 7.92. The monoisotopic (exact) mass is 480 g/mol. The number of carbonyl (C=O) groups excluding carboxylic acids is 1. The Morgan fingerprint density at radius 3 is 2.50 bits per heavy atom. The molecule has 4 rings (SSSR count). The van der Waals surface area contributed by atoms with Crippen LogP contribution < -0.4 is 9.62 Å². The Bertz CT molecular complexity index is 1390. The lowest BCUT2D eigenvalue weighted by Crippen LogP contribution is -2.26. The third kappa shape index (κ3) is 5.29. The summed E-state index contributed by atoms with van der Waals surface area (Å²) < 4.78 is 45.4. The zero-order valence-electron chi connectivity index (χ0n) is 18.2. The van der Waals surface area contributed by atoms with Gasteiger partial charge >= 0.3 is 0 Å². The Morgan fingerprint density at radius 2 is 1.76 bits per heavy atom. The van der Waals surface area contributed by atoms with E-state index >= 15 is 0 Å². The molecular weight excluding hydrogens is 459 g/mol. The molecule has 1 amide bonds. The summed E-state index contributed by atoms with van der Waals surface area (Å²) in [5, 5.41) is 6.54. The van der Waals surface area contributed by atoms with Crippen molar-refractivity contribution in [3.8, 4) is 11.4 Å². The van der Waals surface area contributed by atoms with Crippen molar-refractivity contribution in [2.45, 2.75) is 17.7 Å². The van der Waals surface area contributed by atoms with Gasteiger partial charge in [-0.1, -0.05) is 29.4 Å². The molecule has 0 aliphatic rings. The van der Waals surface area contributed by atoms with Gasteiger partial charge in [0.1, 0.15) is 5.82 Å². The number of nitrogens with one attached hydrogen (secondary N) is 1. The lowest BCUT2D eigenvalue weighted by molar-refractivity contribution is -0.116. The van der Waals surface area contributed by atoms with Gasteiger partial charge in [-0.3, -0.25) is 9.10 Å². The smallest absolute Gasteiger partial charge is 0.264 e. The van der Waals surface area contributed by atoms with Crippen LogP contribution in [0.1, 0.15) is 12.3 Å². The summed E-state index contributed by atoms with van der Waals surface area (Å²) in [6.07, 6.45) is 0.237. The predicted molar refractivity (Wildman–Crippen MR) is 125 cm³/mol. The molecule has 0 aliphatic heterocycles. The van der Waals surface area contributed by atoms with Crippen LogP contribution in [0.5, 0.6) is 0 Å². The maximum absolute atomic E-state index is 13.1. The van der Waals surface area contributed by atoms with Gasteiger partial charge in [0.25, 0.3) is 10.0 Å². The van der Waals surface area contributed by atoms with E-state index in [1.807, 2.05) is 0 Å². The van der Waals surface area contributed by atoms with E-state index in [4.69, 9.17) is 4.52 Å². The third-order valence-corrected chi connectivity index (χ3v) is 6.81. The van der Waals surface area contributed by atoms with Crippen LogP contribution in [-0.4, -0.2) is 31.5 Å². The Balaban J connectivity index is 1.39. The Hall–Kier alpha value is -4.05. The van der Waals surface area contributed by atoms with Gasteiger partial charge in [0.05, 0.1) is 10.6 Å². The second-order valence-electron chi connectivity index (χ2n) is 7.40. The minimum absolute atomic E-state index is 0.0476. The quantitative estimate of drug-likeness (QED) is 0.404. The molecule has 4 aromatic rings. The maximum atomic E-state index is 13.1. The zero-order chi connectivity index (χ0) is 24.1. The van der Waals surface area contributed by atoms with Crippen LogP contribution in [0.3, 0.4) is 0 Å². The van der Waals surface area contributed by atoms with Crippen LogP contribution in [0.2, 0.25) is 0 Å². The van der Waals surface area contributed by atoms with Crippen LogP contribution in [0.25, 0.3) is 11.4 Å². The number of amides is 1. The molecule has 10 heteroatoms. The molecule has 174 valence electrons. The van der Waals surface area contributed by atoms with Gasteiger partial charge in [0, 0.05) is 31.1 Å². The maximum Gasteiger partial charge on any atom is 0.264 e. The molecule has 1 aromatic heterocycles. The van der Waals surface area contributed by atoms with E-state index in [2.05, 4.69) is 15.5 Å². The van der Waals surface area contributed by atoms with Crippen molar-refractivity contribution < 1.29 is 22.1 Å². The largest absolute Gasteiger partial charge is 0.339 e. The summed E-state index contributed by atoms with van der Waals surface area (Å²) in [5.41, 5.74) is 1.47. The van der Waals surface area contributed by atoms with Gasteiger partial charge in [0.2, 0.25) is 17.6 Å². The number of halogens is 1. The summed E-state index contributed by atoms with van der Waals surface area (Å²) in [6.45, 7) is 0. The highest BCUT2D eigenvalue weighted by Gasteiger charge is 2.21. The second kappa shape index (κ2) is 9.84. The van der Waals surface area contributed by atoms with Crippen molar-refractivity contribution in [3.05, 3.63) is 90.6 Å². The van der Waals surface area contributed by atoms with Gasteiger partial charge in [-0.2, -0.15) is 4.98 Å².